The SMILES string of the molecule is Cc1cccc(C(O)c2scc(C)c2Cl)c1C. The van der Waals surface area contributed by atoms with Gasteiger partial charge in [-0.3, -0.25) is 0 Å². The Morgan fingerprint density at radius 3 is 2.47 bits per heavy atom. The van der Waals surface area contributed by atoms with Gasteiger partial charge in [0.1, 0.15) is 6.10 Å². The molecule has 3 heteroatoms. The molecule has 0 aliphatic carbocycles. The van der Waals surface area contributed by atoms with Crippen LogP contribution in [0.25, 0.3) is 0 Å². The molecule has 1 unspecified atom stereocenters. The van der Waals surface area contributed by atoms with Crippen molar-refractivity contribution in [2.24, 2.45) is 0 Å². The second-order valence-electron chi connectivity index (χ2n) is 4.29. The van der Waals surface area contributed by atoms with Crippen molar-refractivity contribution in [3.8, 4) is 0 Å². The summed E-state index contributed by atoms with van der Waals surface area (Å²) in [5.41, 5.74) is 4.28. The largest absolute Gasteiger partial charge is 0.383 e. The number of aliphatic hydroxyl groups is 1. The van der Waals surface area contributed by atoms with E-state index in [0.717, 1.165) is 21.6 Å². The van der Waals surface area contributed by atoms with Crippen LogP contribution in [0.3, 0.4) is 0 Å². The molecule has 0 aliphatic rings. The first-order valence-corrected chi connectivity index (χ1v) is 6.75. The molecular weight excluding hydrogens is 252 g/mol. The second kappa shape index (κ2) is 4.81. The molecule has 0 bridgehead atoms. The maximum absolute atomic E-state index is 10.4. The Morgan fingerprint density at radius 2 is 1.88 bits per heavy atom. The number of benzene rings is 1. The van der Waals surface area contributed by atoms with E-state index in [4.69, 9.17) is 11.6 Å². The van der Waals surface area contributed by atoms with Gasteiger partial charge in [-0.05, 0) is 48.4 Å². The van der Waals surface area contributed by atoms with Crippen molar-refractivity contribution < 1.29 is 5.11 Å². The molecule has 0 amide bonds. The highest BCUT2D eigenvalue weighted by molar-refractivity contribution is 7.10. The van der Waals surface area contributed by atoms with Gasteiger partial charge in [0.2, 0.25) is 0 Å². The predicted molar refractivity (Wildman–Crippen MR) is 74.0 cm³/mol. The zero-order chi connectivity index (χ0) is 12.6. The molecule has 1 heterocycles. The van der Waals surface area contributed by atoms with Crippen molar-refractivity contribution in [1.29, 1.82) is 0 Å². The summed E-state index contributed by atoms with van der Waals surface area (Å²) < 4.78 is 0. The Kier molecular flexibility index (Phi) is 3.57. The van der Waals surface area contributed by atoms with Crippen molar-refractivity contribution >= 4 is 22.9 Å². The number of rotatable bonds is 2. The molecule has 1 N–H and O–H groups in total. The lowest BCUT2D eigenvalue weighted by atomic mass is 9.98. The highest BCUT2D eigenvalue weighted by atomic mass is 35.5. The minimum Gasteiger partial charge on any atom is -0.383 e. The minimum absolute atomic E-state index is 0.624. The van der Waals surface area contributed by atoms with Crippen LogP contribution in [0.1, 0.15) is 33.2 Å². The summed E-state index contributed by atoms with van der Waals surface area (Å²) in [4.78, 5) is 0.831. The van der Waals surface area contributed by atoms with Gasteiger partial charge in [-0.15, -0.1) is 11.3 Å². The molecule has 17 heavy (non-hydrogen) atoms. The first kappa shape index (κ1) is 12.6. The summed E-state index contributed by atoms with van der Waals surface area (Å²) in [6.07, 6.45) is -0.624. The van der Waals surface area contributed by atoms with E-state index in [-0.39, 0.29) is 0 Å². The lowest BCUT2D eigenvalue weighted by Gasteiger charge is -2.14. The van der Waals surface area contributed by atoms with Crippen LogP contribution in [0.2, 0.25) is 5.02 Å². The van der Waals surface area contributed by atoms with E-state index in [1.54, 1.807) is 0 Å². The molecule has 0 aliphatic heterocycles. The maximum Gasteiger partial charge on any atom is 0.115 e. The van der Waals surface area contributed by atoms with Gasteiger partial charge in [-0.2, -0.15) is 0 Å². The Labute approximate surface area is 111 Å². The van der Waals surface area contributed by atoms with Crippen LogP contribution in [0.15, 0.2) is 23.6 Å². The number of thiophene rings is 1. The molecular formula is C14H15ClOS. The molecule has 0 fully saturated rings. The molecule has 0 spiro atoms. The van der Waals surface area contributed by atoms with Crippen molar-refractivity contribution in [2.75, 3.05) is 0 Å². The Balaban J connectivity index is 2.47. The number of hydrogen-bond donors (Lipinski definition) is 1. The third kappa shape index (κ3) is 2.25. The lowest BCUT2D eigenvalue weighted by Crippen LogP contribution is -2.01. The van der Waals surface area contributed by atoms with Crippen molar-refractivity contribution in [1.82, 2.24) is 0 Å². The topological polar surface area (TPSA) is 20.2 Å². The van der Waals surface area contributed by atoms with E-state index >= 15 is 0 Å². The van der Waals surface area contributed by atoms with E-state index in [1.807, 2.05) is 44.4 Å². The molecule has 2 rings (SSSR count). The normalized spacial score (nSPS) is 12.8. The molecule has 1 atom stereocenters. The van der Waals surface area contributed by atoms with Crippen LogP contribution < -0.4 is 0 Å². The van der Waals surface area contributed by atoms with Gasteiger partial charge < -0.3 is 5.11 Å². The van der Waals surface area contributed by atoms with Gasteiger partial charge in [-0.1, -0.05) is 29.8 Å². The van der Waals surface area contributed by atoms with Gasteiger partial charge in [0, 0.05) is 0 Å². The summed E-state index contributed by atoms with van der Waals surface area (Å²) >= 11 is 7.71. The molecule has 1 aromatic heterocycles. The quantitative estimate of drug-likeness (QED) is 0.854. The third-order valence-corrected chi connectivity index (χ3v) is 4.88. The zero-order valence-corrected chi connectivity index (χ0v) is 11.7. The first-order chi connectivity index (χ1) is 8.02. The molecule has 0 saturated carbocycles. The predicted octanol–water partition coefficient (Wildman–Crippen LogP) is 4.41. The highest BCUT2D eigenvalue weighted by Crippen LogP contribution is 2.36. The zero-order valence-electron chi connectivity index (χ0n) is 10.1. The summed E-state index contributed by atoms with van der Waals surface area (Å²) in [7, 11) is 0. The summed E-state index contributed by atoms with van der Waals surface area (Å²) in [5, 5.41) is 13.1. The first-order valence-electron chi connectivity index (χ1n) is 5.50. The average molecular weight is 267 g/mol. The Bertz CT molecular complexity index is 545. The fraction of sp³-hybridized carbons (Fsp3) is 0.286. The van der Waals surface area contributed by atoms with Crippen molar-refractivity contribution in [2.45, 2.75) is 26.9 Å². The van der Waals surface area contributed by atoms with E-state index < -0.39 is 6.10 Å². The average Bonchev–Trinajstić information content (AvgIpc) is 2.63. The highest BCUT2D eigenvalue weighted by Gasteiger charge is 2.19. The minimum atomic E-state index is -0.624. The van der Waals surface area contributed by atoms with Crippen LogP contribution >= 0.6 is 22.9 Å². The van der Waals surface area contributed by atoms with Gasteiger partial charge >= 0.3 is 0 Å². The Hall–Kier alpha value is -0.830. The van der Waals surface area contributed by atoms with E-state index in [0.29, 0.717) is 5.02 Å². The van der Waals surface area contributed by atoms with Gasteiger partial charge in [0.15, 0.2) is 0 Å². The van der Waals surface area contributed by atoms with Crippen LogP contribution in [0, 0.1) is 20.8 Å². The van der Waals surface area contributed by atoms with Gasteiger partial charge in [-0.25, -0.2) is 0 Å². The number of aliphatic hydroxyl groups excluding tert-OH is 1. The smallest absolute Gasteiger partial charge is 0.115 e. The van der Waals surface area contributed by atoms with E-state index in [1.165, 1.54) is 16.9 Å². The molecule has 1 aromatic carbocycles. The molecule has 2 aromatic rings. The van der Waals surface area contributed by atoms with Gasteiger partial charge in [0.25, 0.3) is 0 Å². The standard InChI is InChI=1S/C14H15ClOS/c1-8-5-4-6-11(10(8)3)13(16)14-12(15)9(2)7-17-14/h4-7,13,16H,1-3H3. The summed E-state index contributed by atoms with van der Waals surface area (Å²) in [6.45, 7) is 6.03. The molecule has 0 radical (unpaired) electrons. The van der Waals surface area contributed by atoms with Crippen LogP contribution in [0.4, 0.5) is 0 Å². The van der Waals surface area contributed by atoms with Gasteiger partial charge in [0.05, 0.1) is 9.90 Å². The molecule has 90 valence electrons. The van der Waals surface area contributed by atoms with E-state index in [9.17, 15) is 5.11 Å². The monoisotopic (exact) mass is 266 g/mol. The number of halogens is 1. The third-order valence-electron chi connectivity index (χ3n) is 3.11. The number of hydrogen-bond acceptors (Lipinski definition) is 2. The Morgan fingerprint density at radius 1 is 1.18 bits per heavy atom. The van der Waals surface area contributed by atoms with Crippen molar-refractivity contribution in [3.63, 3.8) is 0 Å². The summed E-state index contributed by atoms with van der Waals surface area (Å²) in [5.74, 6) is 0. The fourth-order valence-corrected chi connectivity index (χ4v) is 3.14. The maximum atomic E-state index is 10.4. The van der Waals surface area contributed by atoms with E-state index in [2.05, 4.69) is 0 Å². The second-order valence-corrected chi connectivity index (χ2v) is 5.58. The lowest BCUT2D eigenvalue weighted by molar-refractivity contribution is 0.223. The fourth-order valence-electron chi connectivity index (χ4n) is 1.85. The van der Waals surface area contributed by atoms with Crippen LogP contribution in [0.5, 0.6) is 0 Å². The van der Waals surface area contributed by atoms with Crippen LogP contribution in [-0.4, -0.2) is 5.11 Å². The number of aryl methyl sites for hydroxylation is 2. The van der Waals surface area contributed by atoms with Crippen LogP contribution in [-0.2, 0) is 0 Å². The summed E-state index contributed by atoms with van der Waals surface area (Å²) in [6, 6.07) is 5.97. The molecule has 1 nitrogen and oxygen atoms in total. The van der Waals surface area contributed by atoms with Crippen molar-refractivity contribution in [3.05, 3.63) is 55.7 Å². The molecule has 0 saturated heterocycles.